The number of aliphatic carboxylic acids is 1. The molecule has 2 aromatic carbocycles. The SMILES string of the molecule is CCc1cc(I)c(OCCO)c(C(CC)(Nc2ccc(C#N)cc2)C(=O)O)c1. The van der Waals surface area contributed by atoms with Crippen LogP contribution in [0.2, 0.25) is 0 Å². The molecule has 0 spiro atoms. The molecule has 3 N–H and O–H groups in total. The van der Waals surface area contributed by atoms with Crippen molar-refractivity contribution in [1.29, 1.82) is 5.26 Å². The Morgan fingerprint density at radius 1 is 1.29 bits per heavy atom. The van der Waals surface area contributed by atoms with E-state index in [1.165, 1.54) is 0 Å². The van der Waals surface area contributed by atoms with Crippen molar-refractivity contribution < 1.29 is 19.7 Å². The van der Waals surface area contributed by atoms with Crippen LogP contribution in [0.3, 0.4) is 0 Å². The minimum Gasteiger partial charge on any atom is -0.490 e. The van der Waals surface area contributed by atoms with Crippen LogP contribution in [0.4, 0.5) is 5.69 Å². The summed E-state index contributed by atoms with van der Waals surface area (Å²) in [6.45, 7) is 3.71. The number of nitrogens with zero attached hydrogens (tertiary/aromatic N) is 1. The molecule has 0 aliphatic heterocycles. The number of rotatable bonds is 9. The minimum absolute atomic E-state index is 0.0742. The van der Waals surface area contributed by atoms with Gasteiger partial charge in [0.15, 0.2) is 5.54 Å². The summed E-state index contributed by atoms with van der Waals surface area (Å²) in [5.74, 6) is -0.575. The van der Waals surface area contributed by atoms with Gasteiger partial charge in [-0.3, -0.25) is 0 Å². The lowest BCUT2D eigenvalue weighted by Gasteiger charge is -2.33. The second-order valence-electron chi connectivity index (χ2n) is 6.26. The molecule has 0 amide bonds. The summed E-state index contributed by atoms with van der Waals surface area (Å²) in [4.78, 5) is 12.5. The average Bonchev–Trinajstić information content (AvgIpc) is 2.71. The monoisotopic (exact) mass is 494 g/mol. The number of nitrogens with one attached hydrogen (secondary N) is 1. The lowest BCUT2D eigenvalue weighted by atomic mass is 9.84. The second-order valence-corrected chi connectivity index (χ2v) is 7.42. The van der Waals surface area contributed by atoms with Crippen molar-refractivity contribution in [2.24, 2.45) is 0 Å². The molecule has 28 heavy (non-hydrogen) atoms. The van der Waals surface area contributed by atoms with E-state index in [2.05, 4.69) is 34.0 Å². The van der Waals surface area contributed by atoms with Gasteiger partial charge in [-0.25, -0.2) is 4.79 Å². The molecule has 0 aliphatic rings. The van der Waals surface area contributed by atoms with Crippen LogP contribution in [0.25, 0.3) is 0 Å². The predicted molar refractivity (Wildman–Crippen MR) is 116 cm³/mol. The number of halogens is 1. The van der Waals surface area contributed by atoms with Crippen molar-refractivity contribution in [1.82, 2.24) is 0 Å². The number of aryl methyl sites for hydroxylation is 1. The Balaban J connectivity index is 2.64. The number of anilines is 1. The number of benzene rings is 2. The van der Waals surface area contributed by atoms with E-state index in [4.69, 9.17) is 10.00 Å². The van der Waals surface area contributed by atoms with E-state index in [-0.39, 0.29) is 19.6 Å². The van der Waals surface area contributed by atoms with Gasteiger partial charge in [0, 0.05) is 11.3 Å². The number of ether oxygens (including phenoxy) is 1. The van der Waals surface area contributed by atoms with Crippen LogP contribution in [-0.4, -0.2) is 29.4 Å². The van der Waals surface area contributed by atoms with E-state index in [9.17, 15) is 15.0 Å². The maximum atomic E-state index is 12.5. The van der Waals surface area contributed by atoms with Gasteiger partial charge in [-0.05, 0) is 77.4 Å². The van der Waals surface area contributed by atoms with Crippen LogP contribution in [0.1, 0.15) is 37.0 Å². The number of hydrogen-bond acceptors (Lipinski definition) is 5. The molecule has 0 saturated carbocycles. The number of aliphatic hydroxyl groups is 1. The first-order chi connectivity index (χ1) is 13.4. The number of carboxylic acids is 1. The van der Waals surface area contributed by atoms with Crippen molar-refractivity contribution in [2.45, 2.75) is 32.2 Å². The van der Waals surface area contributed by atoms with Gasteiger partial charge in [-0.15, -0.1) is 0 Å². The fourth-order valence-corrected chi connectivity index (χ4v) is 3.85. The van der Waals surface area contributed by atoms with Gasteiger partial charge in [-0.2, -0.15) is 5.26 Å². The fourth-order valence-electron chi connectivity index (χ4n) is 3.01. The molecule has 0 fully saturated rings. The maximum absolute atomic E-state index is 12.5. The number of aliphatic hydroxyl groups excluding tert-OH is 1. The zero-order valence-corrected chi connectivity index (χ0v) is 18.0. The van der Waals surface area contributed by atoms with Gasteiger partial charge < -0.3 is 20.3 Å². The van der Waals surface area contributed by atoms with Gasteiger partial charge in [-0.1, -0.05) is 13.8 Å². The summed E-state index contributed by atoms with van der Waals surface area (Å²) >= 11 is 2.13. The lowest BCUT2D eigenvalue weighted by molar-refractivity contribution is -0.142. The van der Waals surface area contributed by atoms with E-state index in [1.54, 1.807) is 31.2 Å². The highest BCUT2D eigenvalue weighted by molar-refractivity contribution is 14.1. The Morgan fingerprint density at radius 2 is 1.96 bits per heavy atom. The first-order valence-corrected chi connectivity index (χ1v) is 10.1. The second kappa shape index (κ2) is 9.75. The molecule has 148 valence electrons. The van der Waals surface area contributed by atoms with E-state index in [1.807, 2.05) is 19.1 Å². The molecular weight excluding hydrogens is 471 g/mol. The number of carbonyl (C=O) groups is 1. The Hall–Kier alpha value is -2.31. The molecule has 0 saturated heterocycles. The summed E-state index contributed by atoms with van der Waals surface area (Å²) in [6, 6.07) is 12.5. The summed E-state index contributed by atoms with van der Waals surface area (Å²) in [6.07, 6.45) is 1.01. The third-order valence-corrected chi connectivity index (χ3v) is 5.38. The van der Waals surface area contributed by atoms with Gasteiger partial charge >= 0.3 is 5.97 Å². The minimum atomic E-state index is -1.43. The zero-order valence-electron chi connectivity index (χ0n) is 15.8. The number of nitriles is 1. The summed E-state index contributed by atoms with van der Waals surface area (Å²) < 4.78 is 6.54. The summed E-state index contributed by atoms with van der Waals surface area (Å²) in [5.41, 5.74) is 1.18. The fraction of sp³-hybridized carbons (Fsp3) is 0.333. The normalized spacial score (nSPS) is 12.7. The third kappa shape index (κ3) is 4.56. The van der Waals surface area contributed by atoms with Gasteiger partial charge in [0.2, 0.25) is 0 Å². The lowest BCUT2D eigenvalue weighted by Crippen LogP contribution is -2.43. The summed E-state index contributed by atoms with van der Waals surface area (Å²) in [5, 5.41) is 31.5. The first-order valence-electron chi connectivity index (χ1n) is 9.00. The molecule has 0 heterocycles. The third-order valence-electron chi connectivity index (χ3n) is 4.58. The smallest absolute Gasteiger partial charge is 0.334 e. The highest BCUT2D eigenvalue weighted by Gasteiger charge is 2.42. The van der Waals surface area contributed by atoms with Crippen LogP contribution in [0.5, 0.6) is 5.75 Å². The van der Waals surface area contributed by atoms with Gasteiger partial charge in [0.1, 0.15) is 12.4 Å². The molecule has 2 aromatic rings. The zero-order chi connectivity index (χ0) is 20.7. The molecule has 7 heteroatoms. The standard InChI is InChI=1S/C21H23IN2O4/c1-3-14-11-17(19(18(22)12-14)28-10-9-25)21(4-2,20(26)27)24-16-7-5-15(13-23)6-8-16/h5-8,11-12,24-25H,3-4,9-10H2,1-2H3,(H,26,27). The van der Waals surface area contributed by atoms with E-state index < -0.39 is 11.5 Å². The average molecular weight is 494 g/mol. The summed E-state index contributed by atoms with van der Waals surface area (Å²) in [7, 11) is 0. The molecule has 1 atom stereocenters. The van der Waals surface area contributed by atoms with Crippen LogP contribution < -0.4 is 10.1 Å². The Bertz CT molecular complexity index is 877. The van der Waals surface area contributed by atoms with E-state index in [0.717, 1.165) is 15.6 Å². The quantitative estimate of drug-likeness (QED) is 0.457. The maximum Gasteiger partial charge on any atom is 0.334 e. The van der Waals surface area contributed by atoms with Crippen molar-refractivity contribution in [3.63, 3.8) is 0 Å². The van der Waals surface area contributed by atoms with Gasteiger partial charge in [0.05, 0.1) is 21.8 Å². The first kappa shape index (κ1) is 22.0. The largest absolute Gasteiger partial charge is 0.490 e. The molecule has 0 radical (unpaired) electrons. The van der Waals surface area contributed by atoms with Crippen LogP contribution >= 0.6 is 22.6 Å². The molecular formula is C21H23IN2O4. The van der Waals surface area contributed by atoms with Gasteiger partial charge in [0.25, 0.3) is 0 Å². The van der Waals surface area contributed by atoms with Crippen LogP contribution in [-0.2, 0) is 16.8 Å². The highest BCUT2D eigenvalue weighted by atomic mass is 127. The topological polar surface area (TPSA) is 103 Å². The Morgan fingerprint density at radius 3 is 2.46 bits per heavy atom. The molecule has 0 bridgehead atoms. The Labute approximate surface area is 178 Å². The molecule has 0 aliphatic carbocycles. The highest BCUT2D eigenvalue weighted by Crippen LogP contribution is 2.40. The van der Waals surface area contributed by atoms with E-state index >= 15 is 0 Å². The number of carboxylic acid groups (broad SMARTS) is 1. The van der Waals surface area contributed by atoms with Crippen molar-refractivity contribution in [3.05, 3.63) is 56.7 Å². The predicted octanol–water partition coefficient (Wildman–Crippen LogP) is 3.90. The van der Waals surface area contributed by atoms with Crippen molar-refractivity contribution in [2.75, 3.05) is 18.5 Å². The number of hydrogen-bond donors (Lipinski definition) is 3. The van der Waals surface area contributed by atoms with Crippen molar-refractivity contribution in [3.8, 4) is 11.8 Å². The Kier molecular flexibility index (Phi) is 7.66. The van der Waals surface area contributed by atoms with E-state index in [0.29, 0.717) is 22.6 Å². The van der Waals surface area contributed by atoms with Crippen LogP contribution in [0.15, 0.2) is 36.4 Å². The molecule has 2 rings (SSSR count). The molecule has 0 aromatic heterocycles. The molecule has 6 nitrogen and oxygen atoms in total. The van der Waals surface area contributed by atoms with Crippen LogP contribution in [0, 0.1) is 14.9 Å². The van der Waals surface area contributed by atoms with Crippen molar-refractivity contribution >= 4 is 34.2 Å². The molecule has 1 unspecified atom stereocenters.